The summed E-state index contributed by atoms with van der Waals surface area (Å²) in [6, 6.07) is 0.331. The van der Waals surface area contributed by atoms with Crippen molar-refractivity contribution in [3.05, 3.63) is 34.0 Å². The first kappa shape index (κ1) is 13.5. The van der Waals surface area contributed by atoms with Crippen LogP contribution in [-0.4, -0.2) is 29.6 Å². The van der Waals surface area contributed by atoms with Crippen molar-refractivity contribution >= 4 is 11.8 Å². The van der Waals surface area contributed by atoms with Gasteiger partial charge in [-0.15, -0.1) is 11.8 Å². The van der Waals surface area contributed by atoms with Gasteiger partial charge in [0.1, 0.15) is 5.76 Å². The Morgan fingerprint density at radius 3 is 3.04 bits per heavy atom. The van der Waals surface area contributed by atoms with Gasteiger partial charge in [-0.05, 0) is 60.9 Å². The molecule has 0 amide bonds. The van der Waals surface area contributed by atoms with E-state index in [9.17, 15) is 0 Å². The molecule has 25 heavy (non-hydrogen) atoms. The minimum atomic E-state index is -1.97. The van der Waals surface area contributed by atoms with Gasteiger partial charge in [0, 0.05) is 33.4 Å². The van der Waals surface area contributed by atoms with Crippen molar-refractivity contribution in [1.82, 2.24) is 10.6 Å². The number of thioether (sulfide) groups is 1. The summed E-state index contributed by atoms with van der Waals surface area (Å²) in [5.74, 6) is 1.98. The van der Waals surface area contributed by atoms with E-state index in [-0.39, 0.29) is 6.23 Å². The lowest BCUT2D eigenvalue weighted by atomic mass is 9.81. The summed E-state index contributed by atoms with van der Waals surface area (Å²) in [4.78, 5) is 1.51. The number of ether oxygens (including phenoxy) is 1. The minimum absolute atomic E-state index is 0.191. The highest BCUT2D eigenvalue weighted by molar-refractivity contribution is 8.04. The largest absolute Gasteiger partial charge is 0.474 e. The van der Waals surface area contributed by atoms with Crippen LogP contribution in [0.4, 0.5) is 0 Å². The zero-order valence-corrected chi connectivity index (χ0v) is 15.9. The molecular weight excluding hydrogens is 328 g/mol. The molecule has 0 aromatic heterocycles. The van der Waals surface area contributed by atoms with Crippen LogP contribution in [0.3, 0.4) is 0 Å². The van der Waals surface area contributed by atoms with Crippen LogP contribution < -0.4 is 10.6 Å². The van der Waals surface area contributed by atoms with Gasteiger partial charge in [0.25, 0.3) is 0 Å². The predicted molar refractivity (Wildman–Crippen MR) is 104 cm³/mol. The highest BCUT2D eigenvalue weighted by Gasteiger charge is 2.44. The Kier molecular flexibility index (Phi) is 3.32. The molecule has 4 heteroatoms. The fourth-order valence-corrected chi connectivity index (χ4v) is 6.55. The Labute approximate surface area is 159 Å². The van der Waals surface area contributed by atoms with E-state index in [0.717, 1.165) is 31.4 Å². The van der Waals surface area contributed by atoms with Crippen LogP contribution >= 0.6 is 11.8 Å². The number of piperidine rings is 1. The molecule has 1 aliphatic carbocycles. The van der Waals surface area contributed by atoms with Crippen LogP contribution in [-0.2, 0) is 4.74 Å². The molecule has 5 aliphatic rings. The molecule has 0 bridgehead atoms. The highest BCUT2D eigenvalue weighted by Crippen LogP contribution is 2.48. The zero-order chi connectivity index (χ0) is 19.6. The molecule has 3 saturated heterocycles. The van der Waals surface area contributed by atoms with Crippen LogP contribution in [0.15, 0.2) is 34.0 Å². The van der Waals surface area contributed by atoms with E-state index >= 15 is 0 Å². The SMILES string of the molecule is [2H]C([2H])([2H])[C@@H]1CCC2C3=CCCC([C@H]4CC=C5SC(C)[C@@H](C)C5N4)=C3OC2N1. The molecule has 0 radical (unpaired) electrons. The summed E-state index contributed by atoms with van der Waals surface area (Å²) < 4.78 is 29.7. The number of nitrogens with one attached hydrogen (secondary N) is 2. The molecule has 3 fully saturated rings. The molecule has 4 aliphatic heterocycles. The summed E-state index contributed by atoms with van der Waals surface area (Å²) in [5, 5.41) is 7.88. The maximum Gasteiger partial charge on any atom is 0.157 e. The van der Waals surface area contributed by atoms with Gasteiger partial charge in [-0.2, -0.15) is 0 Å². The van der Waals surface area contributed by atoms with Crippen LogP contribution in [0, 0.1) is 11.8 Å². The first-order chi connectivity index (χ1) is 13.3. The lowest BCUT2D eigenvalue weighted by molar-refractivity contribution is 0.0603. The van der Waals surface area contributed by atoms with Crippen LogP contribution in [0.5, 0.6) is 0 Å². The van der Waals surface area contributed by atoms with Crippen molar-refractivity contribution in [1.29, 1.82) is 0 Å². The van der Waals surface area contributed by atoms with Gasteiger partial charge in [0.05, 0.1) is 0 Å². The fraction of sp³-hybridized carbons (Fsp3) is 0.714. The lowest BCUT2D eigenvalue weighted by Crippen LogP contribution is -2.45. The second-order valence-corrected chi connectivity index (χ2v) is 9.67. The second kappa shape index (κ2) is 6.17. The molecule has 2 N–H and O–H groups in total. The molecule has 0 spiro atoms. The van der Waals surface area contributed by atoms with Crippen molar-refractivity contribution < 1.29 is 8.85 Å². The van der Waals surface area contributed by atoms with Gasteiger partial charge < -0.3 is 10.1 Å². The molecule has 7 atom stereocenters. The van der Waals surface area contributed by atoms with Crippen molar-refractivity contribution in [3.63, 3.8) is 0 Å². The van der Waals surface area contributed by atoms with E-state index in [2.05, 4.69) is 36.6 Å². The third kappa shape index (κ3) is 2.64. The molecule has 136 valence electrons. The van der Waals surface area contributed by atoms with Crippen LogP contribution in [0.25, 0.3) is 0 Å². The first-order valence-corrected chi connectivity index (χ1v) is 10.7. The second-order valence-electron chi connectivity index (χ2n) is 8.22. The molecule has 0 aromatic rings. The Hall–Kier alpha value is -0.710. The number of hydrogen-bond acceptors (Lipinski definition) is 4. The Morgan fingerprint density at radius 1 is 1.24 bits per heavy atom. The topological polar surface area (TPSA) is 33.3 Å². The van der Waals surface area contributed by atoms with E-state index in [1.165, 1.54) is 16.1 Å². The third-order valence-electron chi connectivity index (χ3n) is 6.72. The molecule has 0 saturated carbocycles. The summed E-state index contributed by atoms with van der Waals surface area (Å²) in [7, 11) is 0. The predicted octanol–water partition coefficient (Wildman–Crippen LogP) is 4.09. The fourth-order valence-electron chi connectivity index (χ4n) is 5.12. The monoisotopic (exact) mass is 361 g/mol. The maximum atomic E-state index is 7.75. The van der Waals surface area contributed by atoms with Crippen LogP contribution in [0.2, 0.25) is 0 Å². The van der Waals surface area contributed by atoms with Crippen LogP contribution in [0.1, 0.15) is 56.9 Å². The van der Waals surface area contributed by atoms with E-state index in [1.807, 2.05) is 11.8 Å². The summed E-state index contributed by atoms with van der Waals surface area (Å²) >= 11 is 2.02. The van der Waals surface area contributed by atoms with E-state index < -0.39 is 12.9 Å². The molecule has 4 heterocycles. The zero-order valence-electron chi connectivity index (χ0n) is 18.0. The van der Waals surface area contributed by atoms with E-state index in [4.69, 9.17) is 8.85 Å². The summed E-state index contributed by atoms with van der Waals surface area (Å²) in [6.07, 6.45) is 9.27. The summed E-state index contributed by atoms with van der Waals surface area (Å²) in [5.41, 5.74) is 2.72. The maximum absolute atomic E-state index is 7.75. The van der Waals surface area contributed by atoms with Gasteiger partial charge in [-0.1, -0.05) is 26.0 Å². The van der Waals surface area contributed by atoms with Crippen molar-refractivity contribution in [2.75, 3.05) is 0 Å². The standard InChI is InChI=1S/C21H30N2OS/c1-11-7-8-15-14-5-4-6-16(20(14)24-21(15)22-11)17-9-10-18-19(23-17)12(2)13(3)25-18/h5,10-13,15,17,19,21-23H,4,6-9H2,1-3H3/t11-,12-,13?,15?,17-,19?,21?/m1/s1/i1D3. The van der Waals surface area contributed by atoms with Crippen molar-refractivity contribution in [3.8, 4) is 0 Å². The Balaban J connectivity index is 1.39. The Bertz CT molecular complexity index is 759. The molecule has 3 nitrogen and oxygen atoms in total. The summed E-state index contributed by atoms with van der Waals surface area (Å²) in [6.45, 7) is 2.71. The van der Waals surface area contributed by atoms with Gasteiger partial charge in [-0.25, -0.2) is 0 Å². The van der Waals surface area contributed by atoms with Crippen molar-refractivity contribution in [2.24, 2.45) is 11.8 Å². The van der Waals surface area contributed by atoms with E-state index in [0.29, 0.717) is 35.6 Å². The molecule has 0 aromatic carbocycles. The highest BCUT2D eigenvalue weighted by atomic mass is 32.2. The first-order valence-electron chi connectivity index (χ1n) is 11.3. The van der Waals surface area contributed by atoms with Gasteiger partial charge in [-0.3, -0.25) is 5.32 Å². The smallest absolute Gasteiger partial charge is 0.157 e. The van der Waals surface area contributed by atoms with Gasteiger partial charge in [0.15, 0.2) is 6.23 Å². The Morgan fingerprint density at radius 2 is 2.16 bits per heavy atom. The number of allylic oxidation sites excluding steroid dienone is 2. The number of rotatable bonds is 1. The van der Waals surface area contributed by atoms with Gasteiger partial charge in [0.2, 0.25) is 0 Å². The quantitative estimate of drug-likeness (QED) is 0.737. The number of fused-ring (bicyclic) bond motifs is 4. The van der Waals surface area contributed by atoms with Gasteiger partial charge >= 0.3 is 0 Å². The molecule has 4 unspecified atom stereocenters. The van der Waals surface area contributed by atoms with E-state index in [1.54, 1.807) is 0 Å². The average molecular weight is 362 g/mol. The van der Waals surface area contributed by atoms with Crippen molar-refractivity contribution in [2.45, 2.75) is 82.4 Å². The third-order valence-corrected chi connectivity index (χ3v) is 8.22. The lowest BCUT2D eigenvalue weighted by Gasteiger charge is -2.33. The average Bonchev–Trinajstić information content (AvgIpc) is 3.17. The normalized spacial score (nSPS) is 48.2. The molecule has 5 rings (SSSR count). The number of hydrogen-bond donors (Lipinski definition) is 2. The minimum Gasteiger partial charge on any atom is -0.474 e. The molecular formula is C21H30N2OS.